The van der Waals surface area contributed by atoms with E-state index >= 15 is 0 Å². The second kappa shape index (κ2) is 7.69. The number of ether oxygens (including phenoxy) is 1. The minimum absolute atomic E-state index is 0.0762. The Balaban J connectivity index is 1.62. The standard InChI is InChI=1S/C19H19N3O4/c1-26-16-9-5-4-8-14(16)20-17(23)11-10-15-19(25)21-13-7-3-2-6-12(13)18(24)22-15/h2-9,15H,10-11H2,1H3,(H,20,23)(H,21,25)(H,22,24). The van der Waals surface area contributed by atoms with Gasteiger partial charge in [-0.3, -0.25) is 14.4 Å². The van der Waals surface area contributed by atoms with Gasteiger partial charge in [0.2, 0.25) is 11.8 Å². The van der Waals surface area contributed by atoms with Crippen LogP contribution in [-0.4, -0.2) is 30.9 Å². The van der Waals surface area contributed by atoms with Crippen LogP contribution in [0.15, 0.2) is 48.5 Å². The van der Waals surface area contributed by atoms with Crippen molar-refractivity contribution in [2.75, 3.05) is 17.7 Å². The molecule has 0 radical (unpaired) electrons. The number of amides is 3. The smallest absolute Gasteiger partial charge is 0.254 e. The summed E-state index contributed by atoms with van der Waals surface area (Å²) in [6, 6.07) is 13.1. The number of carbonyl (C=O) groups is 3. The maximum atomic E-state index is 12.3. The quantitative estimate of drug-likeness (QED) is 0.767. The summed E-state index contributed by atoms with van der Waals surface area (Å²) in [4.78, 5) is 36.8. The Labute approximate surface area is 150 Å². The number of benzene rings is 2. The van der Waals surface area contributed by atoms with Crippen molar-refractivity contribution in [2.24, 2.45) is 0 Å². The molecule has 3 rings (SSSR count). The van der Waals surface area contributed by atoms with Gasteiger partial charge in [-0.25, -0.2) is 0 Å². The Morgan fingerprint density at radius 2 is 1.85 bits per heavy atom. The molecule has 3 amide bonds. The molecular weight excluding hydrogens is 334 g/mol. The van der Waals surface area contributed by atoms with Gasteiger partial charge >= 0.3 is 0 Å². The first-order valence-electron chi connectivity index (χ1n) is 8.22. The average molecular weight is 353 g/mol. The average Bonchev–Trinajstić information content (AvgIpc) is 2.77. The second-order valence-corrected chi connectivity index (χ2v) is 5.85. The lowest BCUT2D eigenvalue weighted by Gasteiger charge is -2.15. The van der Waals surface area contributed by atoms with Gasteiger partial charge in [-0.15, -0.1) is 0 Å². The maximum Gasteiger partial charge on any atom is 0.254 e. The van der Waals surface area contributed by atoms with E-state index in [1.807, 2.05) is 0 Å². The van der Waals surface area contributed by atoms with Gasteiger partial charge in [-0.05, 0) is 30.7 Å². The Morgan fingerprint density at radius 3 is 2.65 bits per heavy atom. The van der Waals surface area contributed by atoms with Gasteiger partial charge in [-0.2, -0.15) is 0 Å². The van der Waals surface area contributed by atoms with Gasteiger partial charge in [0.15, 0.2) is 0 Å². The molecule has 1 aliphatic heterocycles. The van der Waals surface area contributed by atoms with E-state index in [2.05, 4.69) is 16.0 Å². The fourth-order valence-electron chi connectivity index (χ4n) is 2.75. The van der Waals surface area contributed by atoms with Crippen LogP contribution in [0.3, 0.4) is 0 Å². The van der Waals surface area contributed by atoms with E-state index in [0.717, 1.165) is 0 Å². The number of nitrogens with one attached hydrogen (secondary N) is 3. The van der Waals surface area contributed by atoms with Crippen LogP contribution >= 0.6 is 0 Å². The molecule has 0 saturated heterocycles. The number of rotatable bonds is 5. The van der Waals surface area contributed by atoms with Crippen molar-refractivity contribution in [3.8, 4) is 5.75 Å². The van der Waals surface area contributed by atoms with E-state index in [9.17, 15) is 14.4 Å². The Bertz CT molecular complexity index is 850. The van der Waals surface area contributed by atoms with Gasteiger partial charge in [0.25, 0.3) is 5.91 Å². The molecule has 3 N–H and O–H groups in total. The highest BCUT2D eigenvalue weighted by atomic mass is 16.5. The molecule has 7 heteroatoms. The molecule has 134 valence electrons. The third-order valence-electron chi connectivity index (χ3n) is 4.09. The van der Waals surface area contributed by atoms with Gasteiger partial charge in [-0.1, -0.05) is 24.3 Å². The van der Waals surface area contributed by atoms with Crippen molar-refractivity contribution in [1.29, 1.82) is 0 Å². The van der Waals surface area contributed by atoms with Gasteiger partial charge in [0.05, 0.1) is 24.0 Å². The number of hydrogen-bond acceptors (Lipinski definition) is 4. The SMILES string of the molecule is COc1ccccc1NC(=O)CCC1NC(=O)c2ccccc2NC1=O. The monoisotopic (exact) mass is 353 g/mol. The Kier molecular flexibility index (Phi) is 5.17. The fourth-order valence-corrected chi connectivity index (χ4v) is 2.75. The number of hydrogen-bond donors (Lipinski definition) is 3. The van der Waals surface area contributed by atoms with Gasteiger partial charge < -0.3 is 20.7 Å². The summed E-state index contributed by atoms with van der Waals surface area (Å²) in [5.41, 5.74) is 1.43. The number of fused-ring (bicyclic) bond motifs is 1. The molecular formula is C19H19N3O4. The molecule has 0 spiro atoms. The number of carbonyl (C=O) groups excluding carboxylic acids is 3. The summed E-state index contributed by atoms with van der Waals surface area (Å²) in [6.45, 7) is 0. The van der Waals surface area contributed by atoms with E-state index in [0.29, 0.717) is 22.7 Å². The first kappa shape index (κ1) is 17.5. The van der Waals surface area contributed by atoms with E-state index < -0.39 is 6.04 Å². The molecule has 26 heavy (non-hydrogen) atoms. The Morgan fingerprint density at radius 1 is 1.12 bits per heavy atom. The highest BCUT2D eigenvalue weighted by molar-refractivity contribution is 6.10. The van der Waals surface area contributed by atoms with Crippen LogP contribution in [-0.2, 0) is 9.59 Å². The molecule has 1 aliphatic rings. The number of para-hydroxylation sites is 3. The molecule has 0 bridgehead atoms. The molecule has 1 atom stereocenters. The summed E-state index contributed by atoms with van der Waals surface area (Å²) in [5.74, 6) is -0.391. The van der Waals surface area contributed by atoms with Crippen molar-refractivity contribution >= 4 is 29.1 Å². The lowest BCUT2D eigenvalue weighted by molar-refractivity contribution is -0.118. The zero-order chi connectivity index (χ0) is 18.5. The van der Waals surface area contributed by atoms with Crippen molar-refractivity contribution in [1.82, 2.24) is 5.32 Å². The van der Waals surface area contributed by atoms with Crippen LogP contribution in [0.5, 0.6) is 5.75 Å². The third-order valence-corrected chi connectivity index (χ3v) is 4.09. The third kappa shape index (κ3) is 3.83. The van der Waals surface area contributed by atoms with Crippen LogP contribution in [0.4, 0.5) is 11.4 Å². The van der Waals surface area contributed by atoms with Crippen molar-refractivity contribution in [3.05, 3.63) is 54.1 Å². The van der Waals surface area contributed by atoms with Gasteiger partial charge in [0.1, 0.15) is 11.8 Å². The zero-order valence-corrected chi connectivity index (χ0v) is 14.2. The minimum Gasteiger partial charge on any atom is -0.495 e. The highest BCUT2D eigenvalue weighted by Crippen LogP contribution is 2.23. The van der Waals surface area contributed by atoms with Gasteiger partial charge in [0, 0.05) is 6.42 Å². The predicted molar refractivity (Wildman–Crippen MR) is 97.2 cm³/mol. The van der Waals surface area contributed by atoms with Crippen molar-refractivity contribution in [2.45, 2.75) is 18.9 Å². The summed E-state index contributed by atoms with van der Waals surface area (Å²) in [7, 11) is 1.52. The summed E-state index contributed by atoms with van der Waals surface area (Å²) in [5, 5.41) is 8.14. The molecule has 7 nitrogen and oxygen atoms in total. The molecule has 0 aliphatic carbocycles. The van der Waals surface area contributed by atoms with Crippen molar-refractivity contribution in [3.63, 3.8) is 0 Å². The maximum absolute atomic E-state index is 12.3. The molecule has 1 unspecified atom stereocenters. The summed E-state index contributed by atoms with van der Waals surface area (Å²) < 4.78 is 5.19. The summed E-state index contributed by atoms with van der Waals surface area (Å²) in [6.07, 6.45) is 0.263. The number of methoxy groups -OCH3 is 1. The molecule has 2 aromatic rings. The molecule has 0 fully saturated rings. The van der Waals surface area contributed by atoms with E-state index in [4.69, 9.17) is 4.74 Å². The first-order valence-corrected chi connectivity index (χ1v) is 8.22. The lowest BCUT2D eigenvalue weighted by atomic mass is 10.1. The molecule has 2 aromatic carbocycles. The highest BCUT2D eigenvalue weighted by Gasteiger charge is 2.27. The van der Waals surface area contributed by atoms with E-state index in [1.165, 1.54) is 7.11 Å². The number of anilines is 2. The molecule has 0 saturated carbocycles. The summed E-state index contributed by atoms with van der Waals surface area (Å²) >= 11 is 0. The molecule has 0 aromatic heterocycles. The Hall–Kier alpha value is -3.35. The van der Waals surface area contributed by atoms with Crippen LogP contribution in [0.2, 0.25) is 0 Å². The lowest BCUT2D eigenvalue weighted by Crippen LogP contribution is -2.41. The van der Waals surface area contributed by atoms with Crippen LogP contribution in [0.1, 0.15) is 23.2 Å². The zero-order valence-electron chi connectivity index (χ0n) is 14.2. The minimum atomic E-state index is -0.779. The van der Waals surface area contributed by atoms with E-state index in [1.54, 1.807) is 48.5 Å². The normalized spacial score (nSPS) is 16.0. The van der Waals surface area contributed by atoms with Crippen LogP contribution in [0, 0.1) is 0 Å². The fraction of sp³-hybridized carbons (Fsp3) is 0.211. The van der Waals surface area contributed by atoms with Crippen LogP contribution < -0.4 is 20.7 Å². The topological polar surface area (TPSA) is 96.5 Å². The van der Waals surface area contributed by atoms with Crippen molar-refractivity contribution < 1.29 is 19.1 Å². The molecule has 1 heterocycles. The van der Waals surface area contributed by atoms with E-state index in [-0.39, 0.29) is 30.6 Å². The first-order chi connectivity index (χ1) is 12.6. The second-order valence-electron chi connectivity index (χ2n) is 5.85. The largest absolute Gasteiger partial charge is 0.495 e. The van der Waals surface area contributed by atoms with Crippen LogP contribution in [0.25, 0.3) is 0 Å². The predicted octanol–water partition coefficient (Wildman–Crippen LogP) is 2.16.